The molecule has 0 unspecified atom stereocenters. The highest BCUT2D eigenvalue weighted by atomic mass is 15.1. The molecule has 0 N–H and O–H groups in total. The van der Waals surface area contributed by atoms with E-state index in [-0.39, 0.29) is 0 Å². The van der Waals surface area contributed by atoms with Crippen LogP contribution in [0.2, 0.25) is 0 Å². The molecule has 0 radical (unpaired) electrons. The molecule has 0 bridgehead atoms. The molecule has 14 heavy (non-hydrogen) atoms. The van der Waals surface area contributed by atoms with Gasteiger partial charge < -0.3 is 4.57 Å². The molecule has 1 heterocycles. The van der Waals surface area contributed by atoms with Crippen molar-refractivity contribution in [3.05, 3.63) is 43.0 Å². The van der Waals surface area contributed by atoms with E-state index < -0.39 is 0 Å². The highest BCUT2D eigenvalue weighted by Gasteiger charge is 2.01. The second-order valence-corrected chi connectivity index (χ2v) is 3.56. The molecule has 1 aromatic carbocycles. The van der Waals surface area contributed by atoms with Crippen LogP contribution in [0.15, 0.2) is 43.0 Å². The average Bonchev–Trinajstić information content (AvgIpc) is 2.85. The van der Waals surface area contributed by atoms with Crippen molar-refractivity contribution in [3.63, 3.8) is 0 Å². The number of aryl methyl sites for hydroxylation is 1. The monoisotopic (exact) mass is 188 g/mol. The lowest BCUT2D eigenvalue weighted by atomic mass is 10.3. The number of nitrogens with zero attached hydrogens (tertiary/aromatic N) is 2. The highest BCUT2D eigenvalue weighted by molar-refractivity contribution is 5.22. The van der Waals surface area contributed by atoms with Gasteiger partial charge in [-0.3, -0.25) is 4.57 Å². The molecular formula is C12H16N2. The maximum absolute atomic E-state index is 2.23. The summed E-state index contributed by atoms with van der Waals surface area (Å²) in [5, 5.41) is 0. The van der Waals surface area contributed by atoms with Gasteiger partial charge in [-0.15, -0.1) is 12.1 Å². The van der Waals surface area contributed by atoms with Crippen LogP contribution in [-0.2, 0) is 6.54 Å². The Bertz CT molecular complexity index is 371. The fraction of sp³-hybridized carbons (Fsp3) is 0.333. The Morgan fingerprint density at radius 3 is 2.79 bits per heavy atom. The fourth-order valence-corrected chi connectivity index (χ4v) is 1.56. The lowest BCUT2D eigenvalue weighted by Crippen LogP contribution is -2.37. The fourth-order valence-electron chi connectivity index (χ4n) is 1.56. The highest BCUT2D eigenvalue weighted by Crippen LogP contribution is 1.97. The summed E-state index contributed by atoms with van der Waals surface area (Å²) in [4.78, 5) is 0. The molecule has 2 nitrogen and oxygen atoms in total. The number of hydrogen-bond acceptors (Lipinski definition) is 0. The Morgan fingerprint density at radius 2 is 2.07 bits per heavy atom. The predicted octanol–water partition coefficient (Wildman–Crippen LogP) is 1.49. The van der Waals surface area contributed by atoms with Crippen LogP contribution in [0.5, 0.6) is 0 Å². The van der Waals surface area contributed by atoms with Crippen molar-refractivity contribution < 1.29 is 9.13 Å². The van der Waals surface area contributed by atoms with Gasteiger partial charge in [-0.25, -0.2) is 0 Å². The molecule has 0 spiro atoms. The summed E-state index contributed by atoms with van der Waals surface area (Å²) >= 11 is 0. The lowest BCUT2D eigenvalue weighted by molar-refractivity contribution is -0.759. The van der Waals surface area contributed by atoms with Crippen molar-refractivity contribution in [1.29, 1.82) is 0 Å². The summed E-state index contributed by atoms with van der Waals surface area (Å²) in [7, 11) is 0. The molecule has 0 saturated carbocycles. The van der Waals surface area contributed by atoms with E-state index >= 15 is 0 Å². The molecule has 1 aromatic heterocycles. The van der Waals surface area contributed by atoms with E-state index in [9.17, 15) is 0 Å². The van der Waals surface area contributed by atoms with Gasteiger partial charge in [0.05, 0.1) is 12.4 Å². The zero-order valence-corrected chi connectivity index (χ0v) is 8.56. The molecule has 74 valence electrons. The molecule has 0 amide bonds. The molecule has 0 fully saturated rings. The summed E-state index contributed by atoms with van der Waals surface area (Å²) in [6, 6.07) is 8.35. The molecule has 2 aromatic rings. The Kier molecular flexibility index (Phi) is 2.73. The SMILES string of the molecule is CCCC[n+]1c[n+](-[c-]2cccc2)c[cH-]1. The van der Waals surface area contributed by atoms with Crippen LogP contribution in [0, 0.1) is 0 Å². The first-order valence-corrected chi connectivity index (χ1v) is 5.19. The Balaban J connectivity index is 2.10. The van der Waals surface area contributed by atoms with Crippen LogP contribution in [0.4, 0.5) is 0 Å². The molecule has 0 atom stereocenters. The average molecular weight is 188 g/mol. The van der Waals surface area contributed by atoms with E-state index in [1.807, 2.05) is 0 Å². The van der Waals surface area contributed by atoms with Gasteiger partial charge in [0.15, 0.2) is 0 Å². The van der Waals surface area contributed by atoms with Crippen molar-refractivity contribution >= 4 is 0 Å². The molecule has 0 aliphatic heterocycles. The Hall–Kier alpha value is -1.44. The normalized spacial score (nSPS) is 10.6. The molecular weight excluding hydrogens is 172 g/mol. The summed E-state index contributed by atoms with van der Waals surface area (Å²) in [5.41, 5.74) is 1.24. The third-order valence-electron chi connectivity index (χ3n) is 2.40. The molecule has 0 saturated heterocycles. The van der Waals surface area contributed by atoms with Crippen LogP contribution in [0.1, 0.15) is 19.8 Å². The van der Waals surface area contributed by atoms with E-state index in [0.717, 1.165) is 6.54 Å². The second kappa shape index (κ2) is 4.18. The van der Waals surface area contributed by atoms with E-state index in [4.69, 9.17) is 0 Å². The summed E-state index contributed by atoms with van der Waals surface area (Å²) in [5.74, 6) is 0. The Labute approximate surface area is 84.8 Å². The minimum Gasteiger partial charge on any atom is -0.309 e. The topological polar surface area (TPSA) is 7.76 Å². The molecule has 2 rings (SSSR count). The maximum atomic E-state index is 2.23. The van der Waals surface area contributed by atoms with Gasteiger partial charge in [-0.05, 0) is 0 Å². The van der Waals surface area contributed by atoms with Gasteiger partial charge >= 0.3 is 0 Å². The first-order chi connectivity index (χ1) is 6.90. The molecule has 0 aliphatic carbocycles. The third-order valence-corrected chi connectivity index (χ3v) is 2.40. The van der Waals surface area contributed by atoms with E-state index in [1.165, 1.54) is 18.5 Å². The minimum atomic E-state index is 1.12. The van der Waals surface area contributed by atoms with Crippen LogP contribution in [-0.4, -0.2) is 0 Å². The first kappa shape index (κ1) is 9.13. The quantitative estimate of drug-likeness (QED) is 0.507. The van der Waals surface area contributed by atoms with Crippen LogP contribution >= 0.6 is 0 Å². The maximum Gasteiger partial charge on any atom is 0.257 e. The van der Waals surface area contributed by atoms with Crippen molar-refractivity contribution in [2.24, 2.45) is 0 Å². The van der Waals surface area contributed by atoms with Crippen LogP contribution in [0.25, 0.3) is 5.69 Å². The van der Waals surface area contributed by atoms with Crippen molar-refractivity contribution in [3.8, 4) is 5.69 Å². The molecule has 0 aliphatic rings. The molecule has 2 heteroatoms. The zero-order chi connectivity index (χ0) is 9.80. The smallest absolute Gasteiger partial charge is 0.257 e. The van der Waals surface area contributed by atoms with Gasteiger partial charge in [0.2, 0.25) is 0 Å². The van der Waals surface area contributed by atoms with E-state index in [1.54, 1.807) is 0 Å². The van der Waals surface area contributed by atoms with E-state index in [0.29, 0.717) is 0 Å². The standard InChI is InChI=1S/C12H16N2/c1-2-3-8-13-9-10-14(11-13)12-6-4-5-7-12/h4-7,9-11H,2-3,8H2,1H3. The lowest BCUT2D eigenvalue weighted by Gasteiger charge is -1.94. The predicted molar refractivity (Wildman–Crippen MR) is 54.3 cm³/mol. The van der Waals surface area contributed by atoms with Crippen LogP contribution < -0.4 is 9.13 Å². The van der Waals surface area contributed by atoms with Gasteiger partial charge in [-0.2, -0.15) is 0 Å². The van der Waals surface area contributed by atoms with Crippen LogP contribution in [0.3, 0.4) is 0 Å². The zero-order valence-electron chi connectivity index (χ0n) is 8.56. The number of unbranched alkanes of at least 4 members (excludes halogenated alkanes) is 1. The largest absolute Gasteiger partial charge is 0.309 e. The first-order valence-electron chi connectivity index (χ1n) is 5.19. The van der Waals surface area contributed by atoms with Gasteiger partial charge in [0.1, 0.15) is 12.2 Å². The number of imidazole rings is 1. The minimum absolute atomic E-state index is 1.12. The van der Waals surface area contributed by atoms with Crippen molar-refractivity contribution in [2.45, 2.75) is 26.3 Å². The summed E-state index contributed by atoms with van der Waals surface area (Å²) < 4.78 is 4.38. The summed E-state index contributed by atoms with van der Waals surface area (Å²) in [6.45, 7) is 3.33. The van der Waals surface area contributed by atoms with Crippen molar-refractivity contribution in [1.82, 2.24) is 0 Å². The Morgan fingerprint density at radius 1 is 1.29 bits per heavy atom. The third kappa shape index (κ3) is 1.90. The second-order valence-electron chi connectivity index (χ2n) is 3.56. The number of rotatable bonds is 4. The van der Waals surface area contributed by atoms with Crippen molar-refractivity contribution in [2.75, 3.05) is 0 Å². The number of aromatic nitrogens is 2. The number of hydrogen-bond donors (Lipinski definition) is 0. The van der Waals surface area contributed by atoms with Gasteiger partial charge in [0, 0.05) is 6.42 Å². The summed E-state index contributed by atoms with van der Waals surface area (Å²) in [6.07, 6.45) is 8.86. The van der Waals surface area contributed by atoms with E-state index in [2.05, 4.69) is 59.0 Å². The van der Waals surface area contributed by atoms with Gasteiger partial charge in [-0.1, -0.05) is 25.5 Å². The van der Waals surface area contributed by atoms with Gasteiger partial charge in [0.25, 0.3) is 6.33 Å².